The number of carbonyl (C=O) groups is 1. The molecule has 1 amide bonds. The van der Waals surface area contributed by atoms with Crippen LogP contribution in [0.5, 0.6) is 0 Å². The van der Waals surface area contributed by atoms with Crippen molar-refractivity contribution in [1.29, 1.82) is 0 Å². The fourth-order valence-corrected chi connectivity index (χ4v) is 4.17. The second kappa shape index (κ2) is 9.47. The molecular weight excluding hydrogens is 390 g/mol. The zero-order chi connectivity index (χ0) is 21.8. The van der Waals surface area contributed by atoms with Crippen molar-refractivity contribution < 1.29 is 9.21 Å². The number of furan rings is 1. The van der Waals surface area contributed by atoms with Crippen molar-refractivity contribution in [2.45, 2.75) is 32.7 Å². The number of amides is 1. The minimum atomic E-state index is -0.0324. The van der Waals surface area contributed by atoms with E-state index in [4.69, 9.17) is 4.42 Å². The topological polar surface area (TPSA) is 65.7 Å². The van der Waals surface area contributed by atoms with Crippen LogP contribution in [0.1, 0.15) is 40.9 Å². The highest BCUT2D eigenvalue weighted by Crippen LogP contribution is 2.33. The maximum Gasteiger partial charge on any atom is 0.258 e. The second-order valence-corrected chi connectivity index (χ2v) is 8.47. The molecule has 7 nitrogen and oxygen atoms in total. The number of hydrogen-bond donors (Lipinski definition) is 0. The van der Waals surface area contributed by atoms with Gasteiger partial charge >= 0.3 is 0 Å². The summed E-state index contributed by atoms with van der Waals surface area (Å²) in [6.07, 6.45) is 5.04. The number of hydrogen-bond acceptors (Lipinski definition) is 6. The quantitative estimate of drug-likeness (QED) is 0.579. The van der Waals surface area contributed by atoms with Crippen LogP contribution in [0.15, 0.2) is 41.1 Å². The molecule has 4 rings (SSSR count). The fraction of sp³-hybridized carbons (Fsp3) is 0.458. The van der Waals surface area contributed by atoms with Gasteiger partial charge in [-0.1, -0.05) is 30.3 Å². The molecule has 3 aromatic rings. The standard InChI is InChI=1S/C24H31N5O2/c1-18-20(21-22(25-17-26-23(21)31-18)28-12-8-5-9-13-28)24(30)29(15-14-27(2)3)16-19-10-6-4-7-11-19/h4,6-7,10-11,17H,5,8-9,12-16H2,1-3H3. The lowest BCUT2D eigenvalue weighted by atomic mass is 10.1. The van der Waals surface area contributed by atoms with Gasteiger partial charge in [0.15, 0.2) is 0 Å². The molecule has 7 heteroatoms. The van der Waals surface area contributed by atoms with Crippen LogP contribution in [0, 0.1) is 6.92 Å². The Bertz CT molecular complexity index is 1030. The van der Waals surface area contributed by atoms with E-state index in [2.05, 4.69) is 31.9 Å². The third-order valence-electron chi connectivity index (χ3n) is 5.83. The summed E-state index contributed by atoms with van der Waals surface area (Å²) in [4.78, 5) is 29.0. The number of carbonyl (C=O) groups excluding carboxylic acids is 1. The molecule has 0 spiro atoms. The number of piperidine rings is 1. The van der Waals surface area contributed by atoms with Crippen LogP contribution in [-0.2, 0) is 6.54 Å². The molecule has 1 fully saturated rings. The Balaban J connectivity index is 1.73. The van der Waals surface area contributed by atoms with Crippen LogP contribution in [0.2, 0.25) is 0 Å². The van der Waals surface area contributed by atoms with Gasteiger partial charge < -0.3 is 19.1 Å². The molecule has 0 aliphatic carbocycles. The van der Waals surface area contributed by atoms with Gasteiger partial charge in [-0.2, -0.15) is 0 Å². The minimum absolute atomic E-state index is 0.0324. The van der Waals surface area contributed by atoms with Gasteiger partial charge in [-0.25, -0.2) is 9.97 Å². The lowest BCUT2D eigenvalue weighted by Gasteiger charge is -2.28. The highest BCUT2D eigenvalue weighted by Gasteiger charge is 2.28. The van der Waals surface area contributed by atoms with Gasteiger partial charge in [0.1, 0.15) is 17.9 Å². The molecule has 1 aromatic carbocycles. The largest absolute Gasteiger partial charge is 0.442 e. The van der Waals surface area contributed by atoms with Gasteiger partial charge in [0.05, 0.1) is 10.9 Å². The summed E-state index contributed by atoms with van der Waals surface area (Å²) in [5.74, 6) is 1.38. The summed E-state index contributed by atoms with van der Waals surface area (Å²) in [5.41, 5.74) is 2.18. The molecule has 0 saturated carbocycles. The number of rotatable bonds is 7. The van der Waals surface area contributed by atoms with Crippen LogP contribution in [0.25, 0.3) is 11.1 Å². The Morgan fingerprint density at radius 1 is 1.06 bits per heavy atom. The van der Waals surface area contributed by atoms with Gasteiger partial charge in [0.25, 0.3) is 5.91 Å². The van der Waals surface area contributed by atoms with Crippen molar-refractivity contribution in [3.63, 3.8) is 0 Å². The zero-order valence-electron chi connectivity index (χ0n) is 18.7. The number of anilines is 1. The number of aromatic nitrogens is 2. The Kier molecular flexibility index (Phi) is 6.51. The molecule has 31 heavy (non-hydrogen) atoms. The predicted molar refractivity (Wildman–Crippen MR) is 122 cm³/mol. The van der Waals surface area contributed by atoms with Crippen molar-refractivity contribution in [3.8, 4) is 0 Å². The summed E-state index contributed by atoms with van der Waals surface area (Å²) in [6.45, 7) is 5.69. The van der Waals surface area contributed by atoms with Crippen molar-refractivity contribution in [2.24, 2.45) is 0 Å². The fourth-order valence-electron chi connectivity index (χ4n) is 4.17. The van der Waals surface area contributed by atoms with E-state index in [1.807, 2.05) is 44.1 Å². The van der Waals surface area contributed by atoms with Crippen molar-refractivity contribution in [2.75, 3.05) is 45.2 Å². The summed E-state index contributed by atoms with van der Waals surface area (Å²) >= 11 is 0. The maximum absolute atomic E-state index is 13.9. The summed E-state index contributed by atoms with van der Waals surface area (Å²) in [7, 11) is 4.04. The van der Waals surface area contributed by atoms with E-state index in [1.165, 1.54) is 12.7 Å². The van der Waals surface area contributed by atoms with Crippen LogP contribution < -0.4 is 4.90 Å². The molecule has 0 radical (unpaired) electrons. The first kappa shape index (κ1) is 21.3. The van der Waals surface area contributed by atoms with Crippen LogP contribution in [-0.4, -0.2) is 65.9 Å². The van der Waals surface area contributed by atoms with E-state index < -0.39 is 0 Å². The molecule has 2 aromatic heterocycles. The molecule has 0 atom stereocenters. The average Bonchev–Trinajstić information content (AvgIpc) is 3.13. The number of benzene rings is 1. The molecule has 0 bridgehead atoms. The Morgan fingerprint density at radius 3 is 2.52 bits per heavy atom. The molecular formula is C24H31N5O2. The van der Waals surface area contributed by atoms with Crippen LogP contribution in [0.4, 0.5) is 5.82 Å². The first-order valence-corrected chi connectivity index (χ1v) is 11.0. The highest BCUT2D eigenvalue weighted by atomic mass is 16.3. The number of nitrogens with zero attached hydrogens (tertiary/aromatic N) is 5. The van der Waals surface area contributed by atoms with Crippen LogP contribution in [0.3, 0.4) is 0 Å². The van der Waals surface area contributed by atoms with Crippen molar-refractivity contribution in [1.82, 2.24) is 19.8 Å². The van der Waals surface area contributed by atoms with E-state index in [0.717, 1.165) is 49.2 Å². The van der Waals surface area contributed by atoms with Gasteiger partial charge in [-0.05, 0) is 45.8 Å². The molecule has 164 valence electrons. The van der Waals surface area contributed by atoms with Gasteiger partial charge in [-0.3, -0.25) is 4.79 Å². The van der Waals surface area contributed by atoms with Gasteiger partial charge in [0, 0.05) is 32.7 Å². The van der Waals surface area contributed by atoms with Crippen molar-refractivity contribution in [3.05, 3.63) is 53.5 Å². The number of aryl methyl sites for hydroxylation is 1. The molecule has 0 unspecified atom stereocenters. The first-order valence-electron chi connectivity index (χ1n) is 11.0. The molecule has 0 N–H and O–H groups in total. The minimum Gasteiger partial charge on any atom is -0.442 e. The zero-order valence-corrected chi connectivity index (χ0v) is 18.7. The van der Waals surface area contributed by atoms with Crippen LogP contribution >= 0.6 is 0 Å². The Morgan fingerprint density at radius 2 is 1.81 bits per heavy atom. The molecule has 1 aliphatic rings. The van der Waals surface area contributed by atoms with E-state index in [1.54, 1.807) is 0 Å². The summed E-state index contributed by atoms with van der Waals surface area (Å²) in [5, 5.41) is 0.745. The van der Waals surface area contributed by atoms with Gasteiger partial charge in [-0.15, -0.1) is 0 Å². The Hall–Kier alpha value is -2.93. The predicted octanol–water partition coefficient (Wildman–Crippen LogP) is 3.73. The molecule has 1 saturated heterocycles. The lowest BCUT2D eigenvalue weighted by Crippen LogP contribution is -2.36. The SMILES string of the molecule is Cc1oc2ncnc(N3CCCCC3)c2c1C(=O)N(CCN(C)C)Cc1ccccc1. The molecule has 1 aliphatic heterocycles. The lowest BCUT2D eigenvalue weighted by molar-refractivity contribution is 0.0732. The average molecular weight is 422 g/mol. The van der Waals surface area contributed by atoms with Crippen molar-refractivity contribution >= 4 is 22.8 Å². The van der Waals surface area contributed by atoms with E-state index >= 15 is 0 Å². The summed E-state index contributed by atoms with van der Waals surface area (Å²) in [6, 6.07) is 10.1. The van der Waals surface area contributed by atoms with E-state index in [0.29, 0.717) is 30.1 Å². The second-order valence-electron chi connectivity index (χ2n) is 8.47. The summed E-state index contributed by atoms with van der Waals surface area (Å²) < 4.78 is 5.94. The first-order chi connectivity index (χ1) is 15.0. The monoisotopic (exact) mass is 421 g/mol. The third-order valence-corrected chi connectivity index (χ3v) is 5.83. The third kappa shape index (κ3) is 4.71. The Labute approximate surface area is 183 Å². The van der Waals surface area contributed by atoms with Gasteiger partial charge in [0.2, 0.25) is 5.71 Å². The van der Waals surface area contributed by atoms with E-state index in [-0.39, 0.29) is 5.91 Å². The highest BCUT2D eigenvalue weighted by molar-refractivity contribution is 6.10. The number of likely N-dealkylation sites (N-methyl/N-ethyl adjacent to an activating group) is 1. The smallest absolute Gasteiger partial charge is 0.258 e. The van der Waals surface area contributed by atoms with E-state index in [9.17, 15) is 4.79 Å². The maximum atomic E-state index is 13.9. The normalized spacial score (nSPS) is 14.4. The molecule has 3 heterocycles. The number of fused-ring (bicyclic) bond motifs is 1.